The van der Waals surface area contributed by atoms with E-state index in [1.54, 1.807) is 4.90 Å². The number of aromatic amines is 1. The van der Waals surface area contributed by atoms with E-state index in [4.69, 9.17) is 4.74 Å². The number of H-pyrrole nitrogens is 1. The Labute approximate surface area is 201 Å². The second-order valence-electron chi connectivity index (χ2n) is 9.49. The molecule has 2 saturated heterocycles. The van der Waals surface area contributed by atoms with Crippen molar-refractivity contribution < 1.29 is 22.7 Å². The molecule has 184 valence electrons. The summed E-state index contributed by atoms with van der Waals surface area (Å²) in [6, 6.07) is 9.28. The van der Waals surface area contributed by atoms with E-state index in [0.29, 0.717) is 58.2 Å². The molecule has 0 bridgehead atoms. The van der Waals surface area contributed by atoms with E-state index < -0.39 is 10.0 Å². The molecule has 2 aliphatic rings. The number of aromatic nitrogens is 1. The average molecular weight is 488 g/mol. The smallest absolute Gasteiger partial charge is 0.270 e. The molecule has 1 aromatic carbocycles. The molecule has 1 aromatic heterocycles. The number of nitrogens with one attached hydrogen (secondary N) is 1. The molecule has 3 heterocycles. The fourth-order valence-electron chi connectivity index (χ4n) is 4.61. The molecule has 2 fully saturated rings. The Morgan fingerprint density at radius 1 is 1.06 bits per heavy atom. The topological polar surface area (TPSA) is 99.8 Å². The van der Waals surface area contributed by atoms with Gasteiger partial charge in [0.25, 0.3) is 5.91 Å². The van der Waals surface area contributed by atoms with Crippen LogP contribution in [0.2, 0.25) is 0 Å². The van der Waals surface area contributed by atoms with E-state index >= 15 is 0 Å². The molecule has 0 atom stereocenters. The Balaban J connectivity index is 1.34. The predicted octanol–water partition coefficient (Wildman–Crippen LogP) is 2.97. The highest BCUT2D eigenvalue weighted by Crippen LogP contribution is 2.25. The number of Topliss-reactive ketones (excluding diaryl/α,β-unsaturated/α-hetero) is 1. The molecule has 34 heavy (non-hydrogen) atoms. The first kappa shape index (κ1) is 24.6. The number of hydrogen-bond acceptors (Lipinski definition) is 5. The minimum atomic E-state index is -3.66. The van der Waals surface area contributed by atoms with Crippen LogP contribution in [0, 0.1) is 11.8 Å². The Bertz CT molecular complexity index is 1110. The average Bonchev–Trinajstić information content (AvgIpc) is 3.35. The van der Waals surface area contributed by atoms with Crippen molar-refractivity contribution in [2.75, 3.05) is 39.4 Å². The summed E-state index contributed by atoms with van der Waals surface area (Å²) >= 11 is 0. The Kier molecular flexibility index (Phi) is 7.54. The van der Waals surface area contributed by atoms with Crippen molar-refractivity contribution in [2.24, 2.45) is 11.8 Å². The normalized spacial score (nSPS) is 18.4. The number of sulfonamides is 1. The molecule has 2 aromatic rings. The standard InChI is InChI=1S/C25H33N3O5S/c1-18(2)15-19-3-5-20(6-4-19)24(29)21-7-9-27(10-8-21)25(30)23-16-22(17-26-23)34(31,32)28-11-13-33-14-12-28/h3-6,16-18,21,26H,7-15H2,1-2H3. The maximum absolute atomic E-state index is 13.0. The number of likely N-dealkylation sites (tertiary alicyclic amines) is 1. The third kappa shape index (κ3) is 5.42. The largest absolute Gasteiger partial charge is 0.379 e. The number of carbonyl (C=O) groups excluding carboxylic acids is 2. The van der Waals surface area contributed by atoms with Gasteiger partial charge in [0, 0.05) is 43.9 Å². The number of benzene rings is 1. The van der Waals surface area contributed by atoms with Crippen molar-refractivity contribution >= 4 is 21.7 Å². The van der Waals surface area contributed by atoms with Gasteiger partial charge in [0.1, 0.15) is 10.6 Å². The predicted molar refractivity (Wildman–Crippen MR) is 128 cm³/mol. The van der Waals surface area contributed by atoms with Gasteiger partial charge >= 0.3 is 0 Å². The molecule has 8 nitrogen and oxygen atoms in total. The van der Waals surface area contributed by atoms with E-state index in [9.17, 15) is 18.0 Å². The van der Waals surface area contributed by atoms with E-state index in [2.05, 4.69) is 18.8 Å². The molecule has 4 rings (SSSR count). The summed E-state index contributed by atoms with van der Waals surface area (Å²) in [5.41, 5.74) is 2.20. The summed E-state index contributed by atoms with van der Waals surface area (Å²) in [6.45, 7) is 6.61. The molecule has 0 radical (unpaired) electrons. The lowest BCUT2D eigenvalue weighted by Gasteiger charge is -2.31. The molecule has 9 heteroatoms. The minimum Gasteiger partial charge on any atom is -0.379 e. The SMILES string of the molecule is CC(C)Cc1ccc(C(=O)C2CCN(C(=O)c3cc(S(=O)(=O)N4CCOCC4)c[nH]3)CC2)cc1. The highest BCUT2D eigenvalue weighted by Gasteiger charge is 2.31. The summed E-state index contributed by atoms with van der Waals surface area (Å²) in [4.78, 5) is 30.5. The molecule has 0 saturated carbocycles. The van der Waals surface area contributed by atoms with Crippen LogP contribution in [0.5, 0.6) is 0 Å². The number of morpholine rings is 1. The number of carbonyl (C=O) groups is 2. The van der Waals surface area contributed by atoms with Gasteiger partial charge in [-0.25, -0.2) is 8.42 Å². The number of nitrogens with zero attached hydrogens (tertiary/aromatic N) is 2. The number of hydrogen-bond donors (Lipinski definition) is 1. The van der Waals surface area contributed by atoms with Crippen LogP contribution in [0.4, 0.5) is 0 Å². The van der Waals surface area contributed by atoms with Gasteiger partial charge in [-0.15, -0.1) is 0 Å². The second-order valence-corrected chi connectivity index (χ2v) is 11.4. The number of rotatable bonds is 7. The van der Waals surface area contributed by atoms with Gasteiger partial charge in [-0.3, -0.25) is 9.59 Å². The van der Waals surface area contributed by atoms with Crippen LogP contribution in [0.25, 0.3) is 0 Å². The van der Waals surface area contributed by atoms with E-state index in [1.807, 2.05) is 24.3 Å². The Hall–Kier alpha value is -2.49. The van der Waals surface area contributed by atoms with Gasteiger partial charge in [0.05, 0.1) is 13.2 Å². The van der Waals surface area contributed by atoms with Crippen LogP contribution < -0.4 is 0 Å². The molecule has 1 N–H and O–H groups in total. The lowest BCUT2D eigenvalue weighted by atomic mass is 9.88. The van der Waals surface area contributed by atoms with Crippen LogP contribution in [0.3, 0.4) is 0 Å². The van der Waals surface area contributed by atoms with Crippen molar-refractivity contribution in [3.63, 3.8) is 0 Å². The van der Waals surface area contributed by atoms with Crippen LogP contribution in [0.15, 0.2) is 41.4 Å². The van der Waals surface area contributed by atoms with Crippen LogP contribution in [-0.2, 0) is 21.2 Å². The zero-order chi connectivity index (χ0) is 24.3. The maximum atomic E-state index is 13.0. The van der Waals surface area contributed by atoms with Gasteiger partial charge in [-0.1, -0.05) is 38.1 Å². The lowest BCUT2D eigenvalue weighted by molar-refractivity contribution is 0.0646. The molecule has 0 spiro atoms. The van der Waals surface area contributed by atoms with Crippen molar-refractivity contribution in [3.05, 3.63) is 53.3 Å². The van der Waals surface area contributed by atoms with Crippen molar-refractivity contribution in [1.29, 1.82) is 0 Å². The molecular formula is C25H33N3O5S. The quantitative estimate of drug-likeness (QED) is 0.606. The fourth-order valence-corrected chi connectivity index (χ4v) is 6.01. The second kappa shape index (κ2) is 10.4. The van der Waals surface area contributed by atoms with Crippen LogP contribution >= 0.6 is 0 Å². The first-order chi connectivity index (χ1) is 16.3. The number of ether oxygens (including phenoxy) is 1. The molecule has 0 unspecified atom stereocenters. The zero-order valence-corrected chi connectivity index (χ0v) is 20.6. The van der Waals surface area contributed by atoms with E-state index in [-0.39, 0.29) is 28.2 Å². The molecule has 0 aliphatic carbocycles. The third-order valence-corrected chi connectivity index (χ3v) is 8.41. The monoisotopic (exact) mass is 487 g/mol. The van der Waals surface area contributed by atoms with Gasteiger partial charge in [0.2, 0.25) is 10.0 Å². The molecule has 1 amide bonds. The maximum Gasteiger partial charge on any atom is 0.270 e. The third-order valence-electron chi connectivity index (χ3n) is 6.53. The first-order valence-electron chi connectivity index (χ1n) is 11.9. The van der Waals surface area contributed by atoms with Crippen LogP contribution in [0.1, 0.15) is 53.1 Å². The van der Waals surface area contributed by atoms with Gasteiger partial charge in [-0.2, -0.15) is 4.31 Å². The lowest BCUT2D eigenvalue weighted by Crippen LogP contribution is -2.41. The molecule has 2 aliphatic heterocycles. The summed E-state index contributed by atoms with van der Waals surface area (Å²) in [5, 5.41) is 0. The van der Waals surface area contributed by atoms with Crippen molar-refractivity contribution in [2.45, 2.75) is 38.0 Å². The van der Waals surface area contributed by atoms with E-state index in [1.165, 1.54) is 22.1 Å². The Morgan fingerprint density at radius 2 is 1.71 bits per heavy atom. The number of amides is 1. The minimum absolute atomic E-state index is 0.0868. The summed E-state index contributed by atoms with van der Waals surface area (Å²) in [5.74, 6) is 0.342. The Morgan fingerprint density at radius 3 is 2.32 bits per heavy atom. The fraction of sp³-hybridized carbons (Fsp3) is 0.520. The van der Waals surface area contributed by atoms with Gasteiger partial charge in [-0.05, 0) is 36.8 Å². The highest BCUT2D eigenvalue weighted by molar-refractivity contribution is 7.89. The number of piperidine rings is 1. The zero-order valence-electron chi connectivity index (χ0n) is 19.8. The first-order valence-corrected chi connectivity index (χ1v) is 13.4. The van der Waals surface area contributed by atoms with Crippen molar-refractivity contribution in [1.82, 2.24) is 14.2 Å². The molecular weight excluding hydrogens is 454 g/mol. The van der Waals surface area contributed by atoms with Crippen LogP contribution in [-0.4, -0.2) is 73.7 Å². The highest BCUT2D eigenvalue weighted by atomic mass is 32.2. The summed E-state index contributed by atoms with van der Waals surface area (Å²) in [7, 11) is -3.66. The van der Waals surface area contributed by atoms with Gasteiger partial charge < -0.3 is 14.6 Å². The number of ketones is 1. The van der Waals surface area contributed by atoms with Crippen molar-refractivity contribution in [3.8, 4) is 0 Å². The summed E-state index contributed by atoms with van der Waals surface area (Å²) < 4.78 is 32.2. The summed E-state index contributed by atoms with van der Waals surface area (Å²) in [6.07, 6.45) is 3.55. The van der Waals surface area contributed by atoms with E-state index in [0.717, 1.165) is 12.0 Å². The van der Waals surface area contributed by atoms with Gasteiger partial charge in [0.15, 0.2) is 5.78 Å².